The van der Waals surface area contributed by atoms with E-state index in [0.717, 1.165) is 11.1 Å². The highest BCUT2D eigenvalue weighted by Crippen LogP contribution is 2.42. The molecule has 0 fully saturated rings. The van der Waals surface area contributed by atoms with E-state index in [1.165, 1.54) is 0 Å². The van der Waals surface area contributed by atoms with Gasteiger partial charge in [0.15, 0.2) is 11.5 Å². The fourth-order valence-corrected chi connectivity index (χ4v) is 2.44. The summed E-state index contributed by atoms with van der Waals surface area (Å²) >= 11 is 6.15. The number of fused-ring (bicyclic) bond motifs is 1. The smallest absolute Gasteiger partial charge is 0.320 e. The molecule has 0 aromatic heterocycles. The van der Waals surface area contributed by atoms with Gasteiger partial charge in [-0.1, -0.05) is 18.5 Å². The van der Waals surface area contributed by atoms with E-state index >= 15 is 0 Å². The zero-order chi connectivity index (χ0) is 14.0. The van der Waals surface area contributed by atoms with Crippen LogP contribution in [0.4, 0.5) is 0 Å². The van der Waals surface area contributed by atoms with Gasteiger partial charge in [0.05, 0.1) is 5.02 Å². The molecule has 1 aromatic rings. The first-order valence-electron chi connectivity index (χ1n) is 6.12. The van der Waals surface area contributed by atoms with Gasteiger partial charge >= 0.3 is 5.97 Å². The molecule has 1 atom stereocenters. The van der Waals surface area contributed by atoms with Gasteiger partial charge in [-0.25, -0.2) is 0 Å². The lowest BCUT2D eigenvalue weighted by atomic mass is 9.97. The lowest BCUT2D eigenvalue weighted by molar-refractivity contribution is -0.138. The molecule has 0 saturated carbocycles. The maximum Gasteiger partial charge on any atom is 0.320 e. The number of carbonyl (C=O) groups is 1. The zero-order valence-electron chi connectivity index (χ0n) is 10.6. The Morgan fingerprint density at radius 3 is 2.68 bits per heavy atom. The Labute approximate surface area is 116 Å². The van der Waals surface area contributed by atoms with Gasteiger partial charge in [0, 0.05) is 5.56 Å². The quantitative estimate of drug-likeness (QED) is 0.879. The summed E-state index contributed by atoms with van der Waals surface area (Å²) in [6.45, 7) is 2.89. The molecule has 0 radical (unpaired) electrons. The van der Waals surface area contributed by atoms with Crippen LogP contribution in [0.5, 0.6) is 11.5 Å². The van der Waals surface area contributed by atoms with E-state index in [4.69, 9.17) is 31.9 Å². The molecule has 5 nitrogen and oxygen atoms in total. The highest BCUT2D eigenvalue weighted by Gasteiger charge is 2.24. The second kappa shape index (κ2) is 5.67. The third-order valence-corrected chi connectivity index (χ3v) is 3.35. The van der Waals surface area contributed by atoms with Crippen LogP contribution in [0, 0.1) is 0 Å². The van der Waals surface area contributed by atoms with Gasteiger partial charge in [-0.2, -0.15) is 0 Å². The molecule has 1 heterocycles. The van der Waals surface area contributed by atoms with Gasteiger partial charge in [-0.05, 0) is 24.5 Å². The van der Waals surface area contributed by atoms with Crippen LogP contribution in [0.3, 0.4) is 0 Å². The summed E-state index contributed by atoms with van der Waals surface area (Å²) in [6, 6.07) is 0.764. The van der Waals surface area contributed by atoms with E-state index in [-0.39, 0.29) is 6.42 Å². The van der Waals surface area contributed by atoms with Crippen LogP contribution in [-0.4, -0.2) is 30.3 Å². The van der Waals surface area contributed by atoms with E-state index in [1.807, 2.05) is 6.92 Å². The van der Waals surface area contributed by atoms with Crippen molar-refractivity contribution < 1.29 is 19.4 Å². The van der Waals surface area contributed by atoms with E-state index in [2.05, 4.69) is 0 Å². The number of halogens is 1. The summed E-state index contributed by atoms with van der Waals surface area (Å²) in [4.78, 5) is 10.9. The SMILES string of the molecule is CCc1c(CC(N)C(=O)O)cc(Cl)c2c1OCCO2. The Balaban J connectivity index is 2.43. The van der Waals surface area contributed by atoms with Crippen LogP contribution in [0.1, 0.15) is 18.1 Å². The molecule has 0 spiro atoms. The maximum atomic E-state index is 10.9. The minimum Gasteiger partial charge on any atom is -0.486 e. The molecule has 0 saturated heterocycles. The number of rotatable bonds is 4. The monoisotopic (exact) mass is 285 g/mol. The standard InChI is InChI=1S/C13H16ClNO4/c1-2-8-7(6-10(15)13(16)17)5-9(14)12-11(8)18-3-4-19-12/h5,10H,2-4,6,15H2,1H3,(H,16,17). The largest absolute Gasteiger partial charge is 0.486 e. The predicted octanol–water partition coefficient (Wildman–Crippen LogP) is 1.63. The summed E-state index contributed by atoms with van der Waals surface area (Å²) in [5, 5.41) is 9.33. The average molecular weight is 286 g/mol. The topological polar surface area (TPSA) is 81.8 Å². The van der Waals surface area contributed by atoms with Gasteiger partial charge in [-0.3, -0.25) is 4.79 Å². The molecule has 19 heavy (non-hydrogen) atoms. The summed E-state index contributed by atoms with van der Waals surface area (Å²) in [5.74, 6) is 0.124. The van der Waals surface area contributed by atoms with E-state index in [9.17, 15) is 4.79 Å². The zero-order valence-corrected chi connectivity index (χ0v) is 11.4. The number of carboxylic acids is 1. The minimum atomic E-state index is -1.03. The Morgan fingerprint density at radius 2 is 2.11 bits per heavy atom. The van der Waals surface area contributed by atoms with E-state index < -0.39 is 12.0 Å². The maximum absolute atomic E-state index is 10.9. The van der Waals surface area contributed by atoms with E-state index in [1.54, 1.807) is 6.07 Å². The van der Waals surface area contributed by atoms with Crippen molar-refractivity contribution in [2.75, 3.05) is 13.2 Å². The van der Waals surface area contributed by atoms with Crippen LogP contribution < -0.4 is 15.2 Å². The summed E-state index contributed by atoms with van der Waals surface area (Å²) in [6.07, 6.45) is 0.916. The number of aliphatic carboxylic acids is 1. The molecule has 0 bridgehead atoms. The molecule has 1 unspecified atom stereocenters. The Hall–Kier alpha value is -1.46. The van der Waals surface area contributed by atoms with Crippen molar-refractivity contribution in [3.05, 3.63) is 22.2 Å². The average Bonchev–Trinajstić information content (AvgIpc) is 2.39. The first kappa shape index (κ1) is 14.0. The highest BCUT2D eigenvalue weighted by atomic mass is 35.5. The van der Waals surface area contributed by atoms with E-state index in [0.29, 0.717) is 36.2 Å². The lowest BCUT2D eigenvalue weighted by Gasteiger charge is -2.24. The molecule has 1 aromatic carbocycles. The first-order chi connectivity index (χ1) is 9.04. The molecule has 1 aliphatic rings. The van der Waals surface area contributed by atoms with Crippen LogP contribution >= 0.6 is 11.6 Å². The summed E-state index contributed by atoms with van der Waals surface area (Å²) < 4.78 is 11.1. The van der Waals surface area contributed by atoms with Gasteiger partial charge in [-0.15, -0.1) is 0 Å². The Kier molecular flexibility index (Phi) is 4.17. The molecule has 104 valence electrons. The summed E-state index contributed by atoms with van der Waals surface area (Å²) in [7, 11) is 0. The van der Waals surface area contributed by atoms with Gasteiger partial charge in [0.1, 0.15) is 19.3 Å². The lowest BCUT2D eigenvalue weighted by Crippen LogP contribution is -2.32. The van der Waals surface area contributed by atoms with Crippen molar-refractivity contribution in [3.63, 3.8) is 0 Å². The van der Waals surface area contributed by atoms with Gasteiger partial charge < -0.3 is 20.3 Å². The Morgan fingerprint density at radius 1 is 1.47 bits per heavy atom. The molecule has 0 aliphatic carbocycles. The van der Waals surface area contributed by atoms with Crippen molar-refractivity contribution in [2.24, 2.45) is 5.73 Å². The third-order valence-electron chi connectivity index (χ3n) is 3.07. The number of benzene rings is 1. The van der Waals surface area contributed by atoms with Crippen LogP contribution in [0.2, 0.25) is 5.02 Å². The molecular weight excluding hydrogens is 270 g/mol. The third kappa shape index (κ3) is 2.77. The number of hydrogen-bond donors (Lipinski definition) is 2. The number of hydrogen-bond acceptors (Lipinski definition) is 4. The molecule has 6 heteroatoms. The van der Waals surface area contributed by atoms with Gasteiger partial charge in [0.2, 0.25) is 0 Å². The molecule has 2 rings (SSSR count). The van der Waals surface area contributed by atoms with Crippen molar-refractivity contribution >= 4 is 17.6 Å². The number of ether oxygens (including phenoxy) is 2. The molecule has 0 amide bonds. The first-order valence-corrected chi connectivity index (χ1v) is 6.50. The molecular formula is C13H16ClNO4. The Bertz CT molecular complexity index is 504. The van der Waals surface area contributed by atoms with Gasteiger partial charge in [0.25, 0.3) is 0 Å². The van der Waals surface area contributed by atoms with Crippen molar-refractivity contribution in [1.29, 1.82) is 0 Å². The fourth-order valence-electron chi connectivity index (χ4n) is 2.17. The minimum absolute atomic E-state index is 0.217. The van der Waals surface area contributed by atoms with Crippen molar-refractivity contribution in [3.8, 4) is 11.5 Å². The summed E-state index contributed by atoms with van der Waals surface area (Å²) in [5.41, 5.74) is 7.29. The highest BCUT2D eigenvalue weighted by molar-refractivity contribution is 6.32. The van der Waals surface area contributed by atoms with Crippen LogP contribution in [0.15, 0.2) is 6.07 Å². The second-order valence-electron chi connectivity index (χ2n) is 4.35. The fraction of sp³-hybridized carbons (Fsp3) is 0.462. The predicted molar refractivity (Wildman–Crippen MR) is 71.1 cm³/mol. The van der Waals surface area contributed by atoms with Crippen molar-refractivity contribution in [1.82, 2.24) is 0 Å². The van der Waals surface area contributed by atoms with Crippen LogP contribution in [0.25, 0.3) is 0 Å². The van der Waals surface area contributed by atoms with Crippen molar-refractivity contribution in [2.45, 2.75) is 25.8 Å². The second-order valence-corrected chi connectivity index (χ2v) is 4.76. The normalized spacial score (nSPS) is 15.1. The number of carboxylic acid groups (broad SMARTS) is 1. The molecule has 3 N–H and O–H groups in total. The van der Waals surface area contributed by atoms with Crippen LogP contribution in [-0.2, 0) is 17.6 Å². The molecule has 1 aliphatic heterocycles. The number of nitrogens with two attached hydrogens (primary N) is 1.